The molecule has 1 N–H and O–H groups in total. The third kappa shape index (κ3) is 5.60. The molecule has 2 fully saturated rings. The minimum Gasteiger partial charge on any atom is -0.452 e. The summed E-state index contributed by atoms with van der Waals surface area (Å²) in [5.41, 5.74) is 0.112. The van der Waals surface area contributed by atoms with E-state index >= 15 is 0 Å². The molecule has 2 aliphatic rings. The molecule has 1 aromatic rings. The molecular weight excluding hydrogens is 404 g/mol. The second-order valence-electron chi connectivity index (χ2n) is 8.20. The van der Waals surface area contributed by atoms with Crippen LogP contribution in [0.2, 0.25) is 0 Å². The summed E-state index contributed by atoms with van der Waals surface area (Å²) >= 11 is 0. The van der Waals surface area contributed by atoms with Crippen molar-refractivity contribution in [2.75, 3.05) is 13.7 Å². The zero-order valence-electron chi connectivity index (χ0n) is 17.6. The van der Waals surface area contributed by atoms with Gasteiger partial charge in [-0.05, 0) is 50.9 Å². The predicted molar refractivity (Wildman–Crippen MR) is 114 cm³/mol. The van der Waals surface area contributed by atoms with Gasteiger partial charge in [-0.25, -0.2) is 17.9 Å². The van der Waals surface area contributed by atoms with E-state index in [1.54, 1.807) is 0 Å². The number of nitrogens with one attached hydrogen (secondary N) is 1. The molecule has 2 saturated carbocycles. The van der Waals surface area contributed by atoms with Crippen LogP contribution < -0.4 is 4.72 Å². The Bertz CT molecular complexity index is 825. The van der Waals surface area contributed by atoms with Gasteiger partial charge in [-0.3, -0.25) is 4.79 Å². The van der Waals surface area contributed by atoms with Gasteiger partial charge in [0.15, 0.2) is 6.61 Å². The Morgan fingerprint density at radius 2 is 1.57 bits per heavy atom. The number of esters is 1. The molecule has 0 radical (unpaired) electrons. The van der Waals surface area contributed by atoms with Crippen LogP contribution in [0.4, 0.5) is 0 Å². The van der Waals surface area contributed by atoms with E-state index in [2.05, 4.69) is 4.72 Å². The number of hydrogen-bond acceptors (Lipinski definition) is 5. The molecule has 8 heteroatoms. The highest BCUT2D eigenvalue weighted by Crippen LogP contribution is 2.30. The Labute approximate surface area is 179 Å². The molecule has 0 aromatic heterocycles. The van der Waals surface area contributed by atoms with Gasteiger partial charge >= 0.3 is 5.97 Å². The molecular formula is C22H32N2O5S. The summed E-state index contributed by atoms with van der Waals surface area (Å²) in [5, 5.41) is 0. The molecule has 0 heterocycles. The summed E-state index contributed by atoms with van der Waals surface area (Å²) in [7, 11) is -2.35. The fraction of sp³-hybridized carbons (Fsp3) is 0.636. The number of rotatable bonds is 7. The highest BCUT2D eigenvalue weighted by atomic mass is 32.2. The summed E-state index contributed by atoms with van der Waals surface area (Å²) in [6.07, 6.45) is 11.0. The quantitative estimate of drug-likeness (QED) is 0.663. The molecule has 2 aliphatic carbocycles. The van der Waals surface area contributed by atoms with E-state index in [-0.39, 0.29) is 35.1 Å². The van der Waals surface area contributed by atoms with Crippen LogP contribution >= 0.6 is 0 Å². The van der Waals surface area contributed by atoms with Crippen molar-refractivity contribution in [3.8, 4) is 0 Å². The largest absolute Gasteiger partial charge is 0.452 e. The fourth-order valence-corrected chi connectivity index (χ4v) is 5.39. The Hall–Kier alpha value is -1.93. The van der Waals surface area contributed by atoms with Crippen LogP contribution in [0.25, 0.3) is 0 Å². The first-order chi connectivity index (χ1) is 14.4. The van der Waals surface area contributed by atoms with E-state index in [9.17, 15) is 18.0 Å². The Kier molecular flexibility index (Phi) is 7.88. The summed E-state index contributed by atoms with van der Waals surface area (Å²) in [6, 6.07) is 6.11. The number of hydrogen-bond donors (Lipinski definition) is 1. The average Bonchev–Trinajstić information content (AvgIpc) is 2.79. The van der Waals surface area contributed by atoms with Crippen molar-refractivity contribution in [1.82, 2.24) is 9.62 Å². The normalized spacial score (nSPS) is 18.7. The van der Waals surface area contributed by atoms with Gasteiger partial charge < -0.3 is 9.64 Å². The van der Waals surface area contributed by atoms with Gasteiger partial charge in [-0.2, -0.15) is 0 Å². The number of carbonyl (C=O) groups is 2. The molecule has 7 nitrogen and oxygen atoms in total. The lowest BCUT2D eigenvalue weighted by atomic mass is 9.88. The Balaban J connectivity index is 1.67. The van der Waals surface area contributed by atoms with Gasteiger partial charge in [-0.15, -0.1) is 0 Å². The van der Waals surface area contributed by atoms with Gasteiger partial charge in [0.25, 0.3) is 5.91 Å². The predicted octanol–water partition coefficient (Wildman–Crippen LogP) is 3.25. The first-order valence-corrected chi connectivity index (χ1v) is 12.4. The molecule has 1 amide bonds. The monoisotopic (exact) mass is 436 g/mol. The highest BCUT2D eigenvalue weighted by molar-refractivity contribution is 7.89. The lowest BCUT2D eigenvalue weighted by molar-refractivity contribution is -0.141. The first kappa shape index (κ1) is 22.7. The zero-order chi connectivity index (χ0) is 21.6. The first-order valence-electron chi connectivity index (χ1n) is 10.9. The maximum Gasteiger partial charge on any atom is 0.338 e. The summed E-state index contributed by atoms with van der Waals surface area (Å²) in [6.45, 7) is -0.311. The minimum absolute atomic E-state index is 0.0168. The van der Waals surface area contributed by atoms with Crippen molar-refractivity contribution in [3.63, 3.8) is 0 Å². The Morgan fingerprint density at radius 1 is 1.00 bits per heavy atom. The van der Waals surface area contributed by atoms with Gasteiger partial charge in [0.2, 0.25) is 10.0 Å². The van der Waals surface area contributed by atoms with Crippen LogP contribution in [0.5, 0.6) is 0 Å². The molecule has 0 atom stereocenters. The summed E-state index contributed by atoms with van der Waals surface area (Å²) < 4.78 is 31.4. The minimum atomic E-state index is -3.66. The molecule has 3 rings (SSSR count). The van der Waals surface area contributed by atoms with E-state index in [4.69, 9.17) is 4.74 Å². The third-order valence-corrected chi connectivity index (χ3v) is 7.61. The summed E-state index contributed by atoms with van der Waals surface area (Å²) in [5.74, 6) is -0.829. The van der Waals surface area contributed by atoms with E-state index in [0.717, 1.165) is 51.4 Å². The van der Waals surface area contributed by atoms with Crippen LogP contribution in [0, 0.1) is 0 Å². The van der Waals surface area contributed by atoms with Crippen molar-refractivity contribution >= 4 is 21.9 Å². The standard InChI is InChI=1S/C22H32N2O5S/c1-23-30(27,28)20-14-8-9-17(15-20)22(26)29-16-21(25)24(18-10-4-2-5-11-18)19-12-6-3-7-13-19/h8-9,14-15,18-19,23H,2-7,10-13,16H2,1H3. The molecule has 1 aromatic carbocycles. The molecule has 166 valence electrons. The third-order valence-electron chi connectivity index (χ3n) is 6.20. The molecule has 0 spiro atoms. The van der Waals surface area contributed by atoms with Crippen molar-refractivity contribution in [2.24, 2.45) is 0 Å². The second-order valence-corrected chi connectivity index (χ2v) is 10.1. The van der Waals surface area contributed by atoms with Crippen molar-refractivity contribution in [3.05, 3.63) is 29.8 Å². The van der Waals surface area contributed by atoms with E-state index in [0.29, 0.717) is 0 Å². The van der Waals surface area contributed by atoms with Gasteiger partial charge in [-0.1, -0.05) is 44.6 Å². The van der Waals surface area contributed by atoms with E-state index in [1.807, 2.05) is 4.90 Å². The molecule has 0 unspecified atom stereocenters. The smallest absolute Gasteiger partial charge is 0.338 e. The SMILES string of the molecule is CNS(=O)(=O)c1cccc(C(=O)OCC(=O)N(C2CCCCC2)C2CCCCC2)c1. The van der Waals surface area contributed by atoms with Crippen molar-refractivity contribution in [2.45, 2.75) is 81.2 Å². The zero-order valence-corrected chi connectivity index (χ0v) is 18.5. The number of amides is 1. The number of sulfonamides is 1. The van der Waals surface area contributed by atoms with Gasteiger partial charge in [0.1, 0.15) is 0 Å². The van der Waals surface area contributed by atoms with Crippen LogP contribution in [0.15, 0.2) is 29.2 Å². The highest BCUT2D eigenvalue weighted by Gasteiger charge is 2.32. The maximum atomic E-state index is 13.1. The average molecular weight is 437 g/mol. The number of ether oxygens (including phenoxy) is 1. The van der Waals surface area contributed by atoms with Gasteiger partial charge in [0, 0.05) is 12.1 Å². The van der Waals surface area contributed by atoms with Crippen molar-refractivity contribution in [1.29, 1.82) is 0 Å². The number of benzene rings is 1. The molecule has 30 heavy (non-hydrogen) atoms. The van der Waals surface area contributed by atoms with E-state index in [1.165, 1.54) is 44.2 Å². The fourth-order valence-electron chi connectivity index (χ4n) is 4.62. The van der Waals surface area contributed by atoms with Crippen LogP contribution in [-0.4, -0.2) is 50.9 Å². The second kappa shape index (κ2) is 10.4. The van der Waals surface area contributed by atoms with Crippen molar-refractivity contribution < 1.29 is 22.7 Å². The van der Waals surface area contributed by atoms with Gasteiger partial charge in [0.05, 0.1) is 10.5 Å². The summed E-state index contributed by atoms with van der Waals surface area (Å²) in [4.78, 5) is 27.6. The van der Waals surface area contributed by atoms with Crippen LogP contribution in [0.3, 0.4) is 0 Å². The lowest BCUT2D eigenvalue weighted by Crippen LogP contribution is -2.50. The molecule has 0 aliphatic heterocycles. The Morgan fingerprint density at radius 3 is 2.10 bits per heavy atom. The molecule has 0 bridgehead atoms. The number of carbonyl (C=O) groups excluding carboxylic acids is 2. The van der Waals surface area contributed by atoms with E-state index < -0.39 is 16.0 Å². The maximum absolute atomic E-state index is 13.1. The van der Waals surface area contributed by atoms with Crippen LogP contribution in [0.1, 0.15) is 74.6 Å². The molecule has 0 saturated heterocycles. The lowest BCUT2D eigenvalue weighted by Gasteiger charge is -2.41. The van der Waals surface area contributed by atoms with Crippen LogP contribution in [-0.2, 0) is 19.6 Å². The topological polar surface area (TPSA) is 92.8 Å². The number of nitrogens with zero attached hydrogens (tertiary/aromatic N) is 1.